The molecule has 4 N–H and O–H groups in total. The predicted molar refractivity (Wildman–Crippen MR) is 107 cm³/mol. The zero-order valence-corrected chi connectivity index (χ0v) is 16.2. The van der Waals surface area contributed by atoms with E-state index in [9.17, 15) is 13.2 Å². The van der Waals surface area contributed by atoms with E-state index >= 15 is 0 Å². The smallest absolute Gasteiger partial charge is 0.251 e. The van der Waals surface area contributed by atoms with Crippen molar-refractivity contribution in [2.75, 3.05) is 18.0 Å². The Morgan fingerprint density at radius 3 is 2.15 bits per heavy atom. The molecule has 0 radical (unpaired) electrons. The van der Waals surface area contributed by atoms with Gasteiger partial charge in [0.15, 0.2) is 0 Å². The highest BCUT2D eigenvalue weighted by Gasteiger charge is 2.08. The van der Waals surface area contributed by atoms with Crippen molar-refractivity contribution in [2.24, 2.45) is 0 Å². The molecule has 1 amide bonds. The zero-order valence-electron chi connectivity index (χ0n) is 14.6. The Labute approximate surface area is 160 Å². The first kappa shape index (κ1) is 22.0. The van der Waals surface area contributed by atoms with Crippen LogP contribution in [0.2, 0.25) is 0 Å². The Bertz CT molecular complexity index is 807. The van der Waals surface area contributed by atoms with E-state index < -0.39 is 10.0 Å². The number of amides is 1. The van der Waals surface area contributed by atoms with E-state index in [4.69, 9.17) is 5.73 Å². The zero-order chi connectivity index (χ0) is 18.3. The first-order valence-electron chi connectivity index (χ1n) is 8.08. The van der Waals surface area contributed by atoms with E-state index in [0.29, 0.717) is 17.8 Å². The fraction of sp³-hybridized carbons (Fsp3) is 0.278. The summed E-state index contributed by atoms with van der Waals surface area (Å²) in [4.78, 5) is 12.1. The van der Waals surface area contributed by atoms with Gasteiger partial charge >= 0.3 is 0 Å². The molecule has 0 unspecified atom stereocenters. The van der Waals surface area contributed by atoms with Crippen LogP contribution in [0.15, 0.2) is 48.5 Å². The number of benzene rings is 2. The van der Waals surface area contributed by atoms with Crippen LogP contribution in [0, 0.1) is 0 Å². The molecular weight excluding hydrogens is 374 g/mol. The van der Waals surface area contributed by atoms with Gasteiger partial charge in [-0.2, -0.15) is 0 Å². The van der Waals surface area contributed by atoms with Crippen LogP contribution in [0.3, 0.4) is 0 Å². The Morgan fingerprint density at radius 2 is 1.58 bits per heavy atom. The molecule has 0 aliphatic rings. The molecule has 0 saturated heterocycles. The highest BCUT2D eigenvalue weighted by atomic mass is 35.5. The van der Waals surface area contributed by atoms with Crippen molar-refractivity contribution in [2.45, 2.75) is 19.9 Å². The Kier molecular flexibility index (Phi) is 8.57. The van der Waals surface area contributed by atoms with Crippen LogP contribution in [0.5, 0.6) is 0 Å². The second-order valence-electron chi connectivity index (χ2n) is 5.67. The predicted octanol–water partition coefficient (Wildman–Crippen LogP) is 2.10. The third kappa shape index (κ3) is 7.03. The Hall–Kier alpha value is -2.09. The van der Waals surface area contributed by atoms with Gasteiger partial charge < -0.3 is 11.1 Å². The second kappa shape index (κ2) is 10.2. The molecule has 0 aliphatic heterocycles. The first-order chi connectivity index (χ1) is 11.9. The van der Waals surface area contributed by atoms with Gasteiger partial charge in [0, 0.05) is 24.3 Å². The summed E-state index contributed by atoms with van der Waals surface area (Å²) in [6, 6.07) is 14.4. The molecule has 142 valence electrons. The maximum atomic E-state index is 12.1. The summed E-state index contributed by atoms with van der Waals surface area (Å²) < 4.78 is 25.3. The van der Waals surface area contributed by atoms with Gasteiger partial charge in [0.25, 0.3) is 5.91 Å². The van der Waals surface area contributed by atoms with E-state index in [1.807, 2.05) is 24.3 Å². The van der Waals surface area contributed by atoms with Gasteiger partial charge in [-0.05, 0) is 48.7 Å². The van der Waals surface area contributed by atoms with Crippen molar-refractivity contribution in [3.63, 3.8) is 0 Å². The van der Waals surface area contributed by atoms with Gasteiger partial charge in [0.05, 0.1) is 5.75 Å². The average molecular weight is 398 g/mol. The van der Waals surface area contributed by atoms with Gasteiger partial charge in [-0.25, -0.2) is 13.1 Å². The Balaban J connectivity index is 0.00000338. The fourth-order valence-corrected chi connectivity index (χ4v) is 2.77. The van der Waals surface area contributed by atoms with Gasteiger partial charge in [0.1, 0.15) is 0 Å². The number of sulfonamides is 1. The van der Waals surface area contributed by atoms with E-state index in [2.05, 4.69) is 10.0 Å². The minimum Gasteiger partial charge on any atom is -0.399 e. The number of rotatable bonds is 8. The maximum Gasteiger partial charge on any atom is 0.251 e. The van der Waals surface area contributed by atoms with Gasteiger partial charge in [-0.1, -0.05) is 24.3 Å². The quantitative estimate of drug-likeness (QED) is 0.593. The number of hydrogen-bond acceptors (Lipinski definition) is 4. The average Bonchev–Trinajstić information content (AvgIpc) is 2.62. The highest BCUT2D eigenvalue weighted by molar-refractivity contribution is 7.89. The molecule has 0 spiro atoms. The van der Waals surface area contributed by atoms with Crippen molar-refractivity contribution in [1.29, 1.82) is 0 Å². The monoisotopic (exact) mass is 397 g/mol. The highest BCUT2D eigenvalue weighted by Crippen LogP contribution is 2.07. The van der Waals surface area contributed by atoms with Gasteiger partial charge in [0.2, 0.25) is 10.0 Å². The molecule has 0 atom stereocenters. The number of carbonyl (C=O) groups excluding carboxylic acids is 1. The molecule has 8 heteroatoms. The van der Waals surface area contributed by atoms with Crippen molar-refractivity contribution >= 4 is 34.0 Å². The van der Waals surface area contributed by atoms with Crippen molar-refractivity contribution in [3.8, 4) is 0 Å². The first-order valence-corrected chi connectivity index (χ1v) is 9.74. The summed E-state index contributed by atoms with van der Waals surface area (Å²) in [6.07, 6.45) is 0.725. The number of nitrogens with two attached hydrogens (primary N) is 1. The number of halogens is 1. The number of nitrogens with one attached hydrogen (secondary N) is 2. The lowest BCUT2D eigenvalue weighted by atomic mass is 10.1. The van der Waals surface area contributed by atoms with E-state index in [-0.39, 0.29) is 30.6 Å². The van der Waals surface area contributed by atoms with Crippen LogP contribution in [0.25, 0.3) is 0 Å². The molecule has 2 rings (SSSR count). The van der Waals surface area contributed by atoms with Gasteiger partial charge in [-0.15, -0.1) is 12.4 Å². The topological polar surface area (TPSA) is 101 Å². The van der Waals surface area contributed by atoms with Crippen LogP contribution in [0.1, 0.15) is 28.4 Å². The van der Waals surface area contributed by atoms with Gasteiger partial charge in [-0.3, -0.25) is 4.79 Å². The molecule has 0 aromatic heterocycles. The lowest BCUT2D eigenvalue weighted by Gasteiger charge is -2.08. The molecule has 2 aromatic rings. The lowest BCUT2D eigenvalue weighted by Crippen LogP contribution is -2.26. The summed E-state index contributed by atoms with van der Waals surface area (Å²) >= 11 is 0. The van der Waals surface area contributed by atoms with Crippen molar-refractivity contribution in [1.82, 2.24) is 10.0 Å². The molecule has 0 heterocycles. The van der Waals surface area contributed by atoms with Crippen LogP contribution < -0.4 is 15.8 Å². The summed E-state index contributed by atoms with van der Waals surface area (Å²) in [5, 5.41) is 2.87. The molecule has 6 nitrogen and oxygen atoms in total. The molecule has 26 heavy (non-hydrogen) atoms. The van der Waals surface area contributed by atoms with E-state index in [0.717, 1.165) is 17.5 Å². The third-order valence-corrected chi connectivity index (χ3v) is 5.12. The number of hydrogen-bond donors (Lipinski definition) is 3. The summed E-state index contributed by atoms with van der Waals surface area (Å²) in [5.74, 6) is -0.113. The SMILES string of the molecule is CCS(=O)(=O)NCc1ccc(C(=O)NCCc2ccc(N)cc2)cc1.Cl. The molecule has 0 fully saturated rings. The largest absolute Gasteiger partial charge is 0.399 e. The molecule has 0 aliphatic carbocycles. The van der Waals surface area contributed by atoms with E-state index in [1.54, 1.807) is 31.2 Å². The van der Waals surface area contributed by atoms with Crippen LogP contribution in [-0.2, 0) is 23.0 Å². The fourth-order valence-electron chi connectivity index (χ4n) is 2.18. The third-order valence-electron chi connectivity index (χ3n) is 3.77. The maximum absolute atomic E-state index is 12.1. The van der Waals surface area contributed by atoms with E-state index in [1.165, 1.54) is 0 Å². The Morgan fingerprint density at radius 1 is 1.00 bits per heavy atom. The van der Waals surface area contributed by atoms with Crippen LogP contribution in [0.4, 0.5) is 5.69 Å². The van der Waals surface area contributed by atoms with Crippen molar-refractivity contribution < 1.29 is 13.2 Å². The summed E-state index contributed by atoms with van der Waals surface area (Å²) in [5.41, 5.74) is 8.80. The summed E-state index contributed by atoms with van der Waals surface area (Å²) in [7, 11) is -3.22. The van der Waals surface area contributed by atoms with Crippen molar-refractivity contribution in [3.05, 3.63) is 65.2 Å². The van der Waals surface area contributed by atoms with Crippen LogP contribution >= 0.6 is 12.4 Å². The number of nitrogen functional groups attached to an aromatic ring is 1. The minimum absolute atomic E-state index is 0. The lowest BCUT2D eigenvalue weighted by molar-refractivity contribution is 0.0954. The molecule has 0 bridgehead atoms. The normalized spacial score (nSPS) is 10.8. The minimum atomic E-state index is -3.22. The number of anilines is 1. The summed E-state index contributed by atoms with van der Waals surface area (Å²) in [6.45, 7) is 2.33. The second-order valence-corrected chi connectivity index (χ2v) is 7.76. The standard InChI is InChI=1S/C18H23N3O3S.ClH/c1-2-25(23,24)21-13-15-3-7-16(8-4-15)18(22)20-12-11-14-5-9-17(19)10-6-14;/h3-10,21H,2,11-13,19H2,1H3,(H,20,22);1H. The van der Waals surface area contributed by atoms with Crippen LogP contribution in [-0.4, -0.2) is 26.6 Å². The number of carbonyl (C=O) groups is 1. The molecule has 2 aromatic carbocycles. The molecule has 0 saturated carbocycles. The molecular formula is C18H24ClN3O3S.